The van der Waals surface area contributed by atoms with Crippen molar-refractivity contribution in [2.45, 2.75) is 32.7 Å². The number of nitrogens with two attached hydrogens (primary N) is 1. The molecule has 0 saturated carbocycles. The third kappa shape index (κ3) is 3.81. The van der Waals surface area contributed by atoms with Crippen molar-refractivity contribution in [1.29, 1.82) is 0 Å². The van der Waals surface area contributed by atoms with Gasteiger partial charge in [-0.3, -0.25) is 9.69 Å². The summed E-state index contributed by atoms with van der Waals surface area (Å²) in [4.78, 5) is 17.3. The summed E-state index contributed by atoms with van der Waals surface area (Å²) >= 11 is 6.77. The molecule has 21 heavy (non-hydrogen) atoms. The Kier molecular flexibility index (Phi) is 5.72. The first-order valence-electron chi connectivity index (χ1n) is 7.40. The summed E-state index contributed by atoms with van der Waals surface area (Å²) in [7, 11) is 0. The number of thiophene rings is 1. The number of thiocarbonyl (C=S) groups is 1. The molecule has 0 spiro atoms. The minimum atomic E-state index is 0.149. The van der Waals surface area contributed by atoms with E-state index < -0.39 is 0 Å². The average molecular weight is 326 g/mol. The van der Waals surface area contributed by atoms with E-state index in [1.165, 1.54) is 0 Å². The van der Waals surface area contributed by atoms with Gasteiger partial charge in [0.2, 0.25) is 0 Å². The number of carbonyl (C=O) groups excluding carboxylic acids is 1. The number of hydrogen-bond donors (Lipinski definition) is 1. The normalized spacial score (nSPS) is 17.7. The fourth-order valence-electron chi connectivity index (χ4n) is 2.76. The van der Waals surface area contributed by atoms with E-state index in [9.17, 15) is 4.79 Å². The molecule has 2 heterocycles. The van der Waals surface area contributed by atoms with Gasteiger partial charge in [0.25, 0.3) is 5.91 Å². The second-order valence-corrected chi connectivity index (χ2v) is 6.72. The first-order valence-corrected chi connectivity index (χ1v) is 8.75. The molecule has 1 aliphatic heterocycles. The number of carbonyl (C=O) groups is 1. The van der Waals surface area contributed by atoms with Crippen LogP contribution in [0.4, 0.5) is 0 Å². The van der Waals surface area contributed by atoms with Crippen LogP contribution in [-0.2, 0) is 0 Å². The minimum absolute atomic E-state index is 0.149. The summed E-state index contributed by atoms with van der Waals surface area (Å²) in [5.74, 6) is 0.149. The molecule has 0 aromatic carbocycles. The van der Waals surface area contributed by atoms with Crippen molar-refractivity contribution in [2.24, 2.45) is 5.73 Å². The lowest BCUT2D eigenvalue weighted by molar-refractivity contribution is 0.0608. The zero-order chi connectivity index (χ0) is 15.4. The first kappa shape index (κ1) is 16.4. The van der Waals surface area contributed by atoms with Crippen molar-refractivity contribution in [3.63, 3.8) is 0 Å². The zero-order valence-corrected chi connectivity index (χ0v) is 14.3. The Morgan fingerprint density at radius 1 is 1.38 bits per heavy atom. The van der Waals surface area contributed by atoms with Gasteiger partial charge in [0, 0.05) is 31.6 Å². The van der Waals surface area contributed by atoms with Crippen molar-refractivity contribution in [2.75, 3.05) is 26.2 Å². The van der Waals surface area contributed by atoms with E-state index in [4.69, 9.17) is 18.0 Å². The number of nitrogens with zero attached hydrogens (tertiary/aromatic N) is 2. The van der Waals surface area contributed by atoms with Crippen LogP contribution in [0, 0.1) is 6.92 Å². The predicted molar refractivity (Wildman–Crippen MR) is 92.0 cm³/mol. The van der Waals surface area contributed by atoms with Crippen LogP contribution >= 0.6 is 23.6 Å². The van der Waals surface area contributed by atoms with Crippen molar-refractivity contribution < 1.29 is 4.79 Å². The standard InChI is InChI=1S/C15H23N3OS2/c1-3-4-13(14(16)20)17-5-7-18(8-6-17)15(19)12-10-21-9-11(12)2/h9-10,13H,3-8H2,1-2H3,(H2,16,20). The molecule has 0 radical (unpaired) electrons. The summed E-state index contributed by atoms with van der Waals surface area (Å²) in [6.07, 6.45) is 2.06. The van der Waals surface area contributed by atoms with Crippen LogP contribution in [0.25, 0.3) is 0 Å². The van der Waals surface area contributed by atoms with Crippen LogP contribution in [-0.4, -0.2) is 52.9 Å². The molecule has 0 aliphatic carbocycles. The second kappa shape index (κ2) is 7.33. The molecule has 1 aliphatic rings. The Balaban J connectivity index is 1.95. The maximum Gasteiger partial charge on any atom is 0.255 e. The number of hydrogen-bond acceptors (Lipinski definition) is 4. The lowest BCUT2D eigenvalue weighted by Crippen LogP contribution is -2.54. The molecule has 6 heteroatoms. The molecular formula is C15H23N3OS2. The minimum Gasteiger partial charge on any atom is -0.392 e. The number of aryl methyl sites for hydroxylation is 1. The fourth-order valence-corrected chi connectivity index (χ4v) is 3.85. The molecule has 4 nitrogen and oxygen atoms in total. The number of rotatable bonds is 5. The second-order valence-electron chi connectivity index (χ2n) is 5.50. The average Bonchev–Trinajstić information content (AvgIpc) is 2.90. The maximum atomic E-state index is 12.5. The van der Waals surface area contributed by atoms with Crippen LogP contribution in [0.1, 0.15) is 35.7 Å². The van der Waals surface area contributed by atoms with E-state index in [1.54, 1.807) is 11.3 Å². The quantitative estimate of drug-likeness (QED) is 0.844. The highest BCUT2D eigenvalue weighted by atomic mass is 32.1. The van der Waals surface area contributed by atoms with Crippen LogP contribution in [0.3, 0.4) is 0 Å². The van der Waals surface area contributed by atoms with Crippen molar-refractivity contribution in [1.82, 2.24) is 9.80 Å². The van der Waals surface area contributed by atoms with Gasteiger partial charge in [0.1, 0.15) is 0 Å². The highest BCUT2D eigenvalue weighted by molar-refractivity contribution is 7.80. The molecule has 116 valence electrons. The molecule has 0 bridgehead atoms. The summed E-state index contributed by atoms with van der Waals surface area (Å²) in [5, 5.41) is 3.96. The Hall–Kier alpha value is -0.980. The lowest BCUT2D eigenvalue weighted by atomic mass is 10.1. The molecule has 1 aromatic rings. The van der Waals surface area contributed by atoms with E-state index in [-0.39, 0.29) is 11.9 Å². The Labute approximate surface area is 135 Å². The van der Waals surface area contributed by atoms with Crippen LogP contribution in [0.2, 0.25) is 0 Å². The molecule has 2 N–H and O–H groups in total. The van der Waals surface area contributed by atoms with Gasteiger partial charge in [-0.15, -0.1) is 0 Å². The van der Waals surface area contributed by atoms with Gasteiger partial charge >= 0.3 is 0 Å². The zero-order valence-electron chi connectivity index (χ0n) is 12.7. The Morgan fingerprint density at radius 2 is 2.05 bits per heavy atom. The van der Waals surface area contributed by atoms with Crippen molar-refractivity contribution >= 4 is 34.5 Å². The van der Waals surface area contributed by atoms with Gasteiger partial charge < -0.3 is 10.6 Å². The molecule has 2 rings (SSSR count). The van der Waals surface area contributed by atoms with Gasteiger partial charge in [0.05, 0.1) is 16.6 Å². The molecular weight excluding hydrogens is 302 g/mol. The maximum absolute atomic E-state index is 12.5. The van der Waals surface area contributed by atoms with Gasteiger partial charge in [-0.2, -0.15) is 11.3 Å². The largest absolute Gasteiger partial charge is 0.392 e. The van der Waals surface area contributed by atoms with Gasteiger partial charge in [-0.1, -0.05) is 25.6 Å². The molecule has 1 atom stereocenters. The molecule has 1 fully saturated rings. The summed E-state index contributed by atoms with van der Waals surface area (Å²) in [6, 6.07) is 0.171. The van der Waals surface area contributed by atoms with Gasteiger partial charge in [-0.05, 0) is 24.3 Å². The van der Waals surface area contributed by atoms with Crippen molar-refractivity contribution in [3.8, 4) is 0 Å². The molecule has 1 unspecified atom stereocenters. The summed E-state index contributed by atoms with van der Waals surface area (Å²) in [6.45, 7) is 7.32. The third-order valence-electron chi connectivity index (χ3n) is 4.02. The molecule has 1 saturated heterocycles. The van der Waals surface area contributed by atoms with E-state index >= 15 is 0 Å². The third-order valence-corrected chi connectivity index (χ3v) is 5.15. The Morgan fingerprint density at radius 3 is 2.52 bits per heavy atom. The van der Waals surface area contributed by atoms with E-state index in [2.05, 4.69) is 11.8 Å². The predicted octanol–water partition coefficient (Wildman–Crippen LogP) is 2.27. The summed E-state index contributed by atoms with van der Waals surface area (Å²) in [5.41, 5.74) is 7.77. The van der Waals surface area contributed by atoms with Gasteiger partial charge in [-0.25, -0.2) is 0 Å². The monoisotopic (exact) mass is 325 g/mol. The van der Waals surface area contributed by atoms with Crippen molar-refractivity contribution in [3.05, 3.63) is 21.9 Å². The molecule has 1 aromatic heterocycles. The van der Waals surface area contributed by atoms with E-state index in [0.29, 0.717) is 4.99 Å². The van der Waals surface area contributed by atoms with Crippen LogP contribution in [0.5, 0.6) is 0 Å². The van der Waals surface area contributed by atoms with Gasteiger partial charge in [0.15, 0.2) is 0 Å². The topological polar surface area (TPSA) is 49.6 Å². The van der Waals surface area contributed by atoms with Crippen LogP contribution < -0.4 is 5.73 Å². The van der Waals surface area contributed by atoms with E-state index in [1.807, 2.05) is 22.6 Å². The highest BCUT2D eigenvalue weighted by Crippen LogP contribution is 2.18. The summed E-state index contributed by atoms with van der Waals surface area (Å²) < 4.78 is 0. The Bertz CT molecular complexity index is 507. The number of amides is 1. The smallest absolute Gasteiger partial charge is 0.255 e. The lowest BCUT2D eigenvalue weighted by Gasteiger charge is -2.39. The molecule has 1 amide bonds. The van der Waals surface area contributed by atoms with Crippen LogP contribution in [0.15, 0.2) is 10.8 Å². The van der Waals surface area contributed by atoms with E-state index in [0.717, 1.165) is 50.1 Å². The SMILES string of the molecule is CCCC(C(N)=S)N1CCN(C(=O)c2cscc2C)CC1. The first-order chi connectivity index (χ1) is 10.0. The fraction of sp³-hybridized carbons (Fsp3) is 0.600. The highest BCUT2D eigenvalue weighted by Gasteiger charge is 2.28. The number of piperazine rings is 1.